The molecular weight excluding hydrogens is 244 g/mol. The molecule has 1 rings (SSSR count). The quantitative estimate of drug-likeness (QED) is 0.634. The molecule has 0 aromatic carbocycles. The topological polar surface area (TPSA) is 92.4 Å². The van der Waals surface area contributed by atoms with E-state index >= 15 is 0 Å². The van der Waals surface area contributed by atoms with Crippen molar-refractivity contribution in [3.8, 4) is 0 Å². The summed E-state index contributed by atoms with van der Waals surface area (Å²) in [5.41, 5.74) is 6.12. The van der Waals surface area contributed by atoms with Crippen LogP contribution in [0.5, 0.6) is 0 Å². The van der Waals surface area contributed by atoms with E-state index in [-0.39, 0.29) is 12.5 Å². The Morgan fingerprint density at radius 1 is 1.26 bits per heavy atom. The maximum absolute atomic E-state index is 11.4. The summed E-state index contributed by atoms with van der Waals surface area (Å²) in [5, 5.41) is 11.0. The first-order chi connectivity index (χ1) is 9.09. The van der Waals surface area contributed by atoms with E-state index in [0.717, 1.165) is 5.57 Å². The van der Waals surface area contributed by atoms with E-state index in [4.69, 9.17) is 10.8 Å². The molecule has 0 fully saturated rings. The highest BCUT2D eigenvalue weighted by atomic mass is 16.4. The van der Waals surface area contributed by atoms with Crippen molar-refractivity contribution >= 4 is 11.9 Å². The van der Waals surface area contributed by atoms with Crippen molar-refractivity contribution < 1.29 is 14.7 Å². The number of allylic oxidation sites excluding steroid dienone is 9. The second-order valence-corrected chi connectivity index (χ2v) is 3.82. The Balaban J connectivity index is 2.47. The predicted octanol–water partition coefficient (Wildman–Crippen LogP) is 0.679. The summed E-state index contributed by atoms with van der Waals surface area (Å²) < 4.78 is 0. The lowest BCUT2D eigenvalue weighted by Crippen LogP contribution is -2.41. The van der Waals surface area contributed by atoms with Gasteiger partial charge in [0.25, 0.3) is 0 Å². The summed E-state index contributed by atoms with van der Waals surface area (Å²) >= 11 is 0. The van der Waals surface area contributed by atoms with Crippen LogP contribution in [0.15, 0.2) is 60.3 Å². The van der Waals surface area contributed by atoms with Crippen LogP contribution in [-0.2, 0) is 9.59 Å². The SMILES string of the molecule is NC(CNC(=O)/C=C/C1=C/C=C\C=C/C=C\1)C(=O)O. The fraction of sp³-hybridized carbons (Fsp3) is 0.143. The molecule has 0 heterocycles. The lowest BCUT2D eigenvalue weighted by Gasteiger charge is -2.06. The van der Waals surface area contributed by atoms with Gasteiger partial charge in [0, 0.05) is 12.6 Å². The molecule has 4 N–H and O–H groups in total. The van der Waals surface area contributed by atoms with Crippen LogP contribution in [0, 0.1) is 0 Å². The van der Waals surface area contributed by atoms with Crippen LogP contribution in [0.3, 0.4) is 0 Å². The zero-order chi connectivity index (χ0) is 14.1. The lowest BCUT2D eigenvalue weighted by molar-refractivity contribution is -0.138. The summed E-state index contributed by atoms with van der Waals surface area (Å²) in [6, 6.07) is -1.09. The van der Waals surface area contributed by atoms with Crippen LogP contribution < -0.4 is 11.1 Å². The monoisotopic (exact) mass is 260 g/mol. The molecule has 0 aromatic heterocycles. The van der Waals surface area contributed by atoms with Crippen LogP contribution in [0.2, 0.25) is 0 Å². The van der Waals surface area contributed by atoms with Gasteiger partial charge in [0.05, 0.1) is 0 Å². The minimum absolute atomic E-state index is 0.101. The molecule has 5 nitrogen and oxygen atoms in total. The van der Waals surface area contributed by atoms with E-state index in [2.05, 4.69) is 5.32 Å². The highest BCUT2D eigenvalue weighted by Gasteiger charge is 2.11. The number of carboxylic acid groups (broad SMARTS) is 1. The molecule has 0 radical (unpaired) electrons. The second-order valence-electron chi connectivity index (χ2n) is 3.82. The smallest absolute Gasteiger partial charge is 0.322 e. The van der Waals surface area contributed by atoms with Crippen molar-refractivity contribution in [3.63, 3.8) is 0 Å². The molecule has 1 atom stereocenters. The number of aliphatic carboxylic acids is 1. The summed E-state index contributed by atoms with van der Waals surface area (Å²) in [6.07, 6.45) is 16.1. The van der Waals surface area contributed by atoms with Crippen LogP contribution >= 0.6 is 0 Å². The number of hydrogen-bond donors (Lipinski definition) is 3. The number of amides is 1. The van der Waals surface area contributed by atoms with Gasteiger partial charge in [-0.15, -0.1) is 0 Å². The Bertz CT molecular complexity index is 485. The van der Waals surface area contributed by atoms with Crippen molar-refractivity contribution in [1.29, 1.82) is 0 Å². The molecule has 0 aromatic rings. The van der Waals surface area contributed by atoms with Crippen molar-refractivity contribution in [3.05, 3.63) is 60.3 Å². The standard InChI is InChI=1S/C14H16N2O3/c15-12(14(18)19)10-16-13(17)9-8-11-6-4-2-1-3-5-7-11/h1-9,12H,10,15H2,(H,16,17)(H,18,19)/b2-1-,3-1?,4-2?,5-3-,6-4-,7-5?,9-8+,11-6?,11-7+. The van der Waals surface area contributed by atoms with Gasteiger partial charge in [0.15, 0.2) is 0 Å². The molecule has 0 saturated heterocycles. The first-order valence-corrected chi connectivity index (χ1v) is 5.75. The molecule has 5 heteroatoms. The van der Waals surface area contributed by atoms with E-state index in [1.54, 1.807) is 6.08 Å². The molecule has 0 spiro atoms. The first kappa shape index (κ1) is 14.7. The first-order valence-electron chi connectivity index (χ1n) is 5.75. The van der Waals surface area contributed by atoms with Crippen LogP contribution in [0.4, 0.5) is 0 Å². The fourth-order valence-electron chi connectivity index (χ4n) is 1.22. The highest BCUT2D eigenvalue weighted by molar-refractivity contribution is 5.88. The Morgan fingerprint density at radius 3 is 2.68 bits per heavy atom. The summed E-state index contributed by atoms with van der Waals surface area (Å²) in [6.45, 7) is -0.101. The van der Waals surface area contributed by atoms with E-state index in [1.807, 2.05) is 42.5 Å². The maximum atomic E-state index is 11.4. The predicted molar refractivity (Wildman–Crippen MR) is 73.3 cm³/mol. The average Bonchev–Trinajstić information content (AvgIpc) is 2.34. The minimum Gasteiger partial charge on any atom is -0.480 e. The van der Waals surface area contributed by atoms with Crippen LogP contribution in [0.1, 0.15) is 0 Å². The molecule has 1 unspecified atom stereocenters. The normalized spacial score (nSPS) is 23.5. The molecule has 100 valence electrons. The molecular formula is C14H16N2O3. The van der Waals surface area contributed by atoms with Gasteiger partial charge in [0.2, 0.25) is 5.91 Å². The molecule has 19 heavy (non-hydrogen) atoms. The van der Waals surface area contributed by atoms with E-state index in [9.17, 15) is 9.59 Å². The van der Waals surface area contributed by atoms with Crippen molar-refractivity contribution in [2.45, 2.75) is 6.04 Å². The third-order valence-electron chi connectivity index (χ3n) is 2.26. The van der Waals surface area contributed by atoms with Crippen LogP contribution in [-0.4, -0.2) is 29.6 Å². The van der Waals surface area contributed by atoms with Gasteiger partial charge in [-0.05, 0) is 11.6 Å². The third-order valence-corrected chi connectivity index (χ3v) is 2.26. The molecule has 1 aliphatic rings. The number of rotatable bonds is 5. The number of nitrogens with two attached hydrogens (primary N) is 1. The summed E-state index contributed by atoms with van der Waals surface area (Å²) in [5.74, 6) is -1.53. The molecule has 1 amide bonds. The number of carboxylic acids is 1. The van der Waals surface area contributed by atoms with E-state index in [0.29, 0.717) is 0 Å². The minimum atomic E-state index is -1.15. The molecule has 0 bridgehead atoms. The van der Waals surface area contributed by atoms with E-state index < -0.39 is 12.0 Å². The van der Waals surface area contributed by atoms with Gasteiger partial charge in [-0.25, -0.2) is 0 Å². The van der Waals surface area contributed by atoms with Gasteiger partial charge < -0.3 is 16.2 Å². The van der Waals surface area contributed by atoms with Gasteiger partial charge in [-0.1, -0.05) is 42.5 Å². The number of carbonyl (C=O) groups excluding carboxylic acids is 1. The Kier molecular flexibility index (Phi) is 6.05. The average molecular weight is 260 g/mol. The highest BCUT2D eigenvalue weighted by Crippen LogP contribution is 2.02. The van der Waals surface area contributed by atoms with Crippen LogP contribution in [0.25, 0.3) is 0 Å². The second kappa shape index (κ2) is 7.84. The lowest BCUT2D eigenvalue weighted by atomic mass is 10.1. The zero-order valence-corrected chi connectivity index (χ0v) is 10.3. The Hall–Kier alpha value is -2.40. The summed E-state index contributed by atoms with van der Waals surface area (Å²) in [4.78, 5) is 21.9. The largest absolute Gasteiger partial charge is 0.480 e. The fourth-order valence-corrected chi connectivity index (χ4v) is 1.22. The number of hydrogen-bond acceptors (Lipinski definition) is 3. The van der Waals surface area contributed by atoms with Crippen molar-refractivity contribution in [2.75, 3.05) is 6.54 Å². The van der Waals surface area contributed by atoms with Gasteiger partial charge in [-0.3, -0.25) is 9.59 Å². The van der Waals surface area contributed by atoms with E-state index in [1.165, 1.54) is 6.08 Å². The number of nitrogens with one attached hydrogen (secondary N) is 1. The van der Waals surface area contributed by atoms with Gasteiger partial charge in [0.1, 0.15) is 6.04 Å². The Labute approximate surface area is 111 Å². The van der Waals surface area contributed by atoms with Crippen molar-refractivity contribution in [2.24, 2.45) is 5.73 Å². The summed E-state index contributed by atoms with van der Waals surface area (Å²) in [7, 11) is 0. The molecule has 0 saturated carbocycles. The zero-order valence-electron chi connectivity index (χ0n) is 10.3. The Morgan fingerprint density at radius 2 is 1.95 bits per heavy atom. The molecule has 1 aliphatic carbocycles. The third kappa shape index (κ3) is 6.18. The number of carbonyl (C=O) groups is 2. The van der Waals surface area contributed by atoms with Crippen molar-refractivity contribution in [1.82, 2.24) is 5.32 Å². The maximum Gasteiger partial charge on any atom is 0.322 e. The van der Waals surface area contributed by atoms with Gasteiger partial charge in [-0.2, -0.15) is 0 Å². The molecule has 0 aliphatic heterocycles. The van der Waals surface area contributed by atoms with Gasteiger partial charge >= 0.3 is 5.97 Å².